The highest BCUT2D eigenvalue weighted by molar-refractivity contribution is 7.17. The molecule has 0 fully saturated rings. The number of ether oxygens (including phenoxy) is 1. The molecule has 4 nitrogen and oxygen atoms in total. The molecule has 2 aromatic rings. The zero-order valence-electron chi connectivity index (χ0n) is 7.85. The van der Waals surface area contributed by atoms with Crippen LogP contribution >= 0.6 is 11.3 Å². The predicted molar refractivity (Wildman–Crippen MR) is 55.7 cm³/mol. The first-order valence-corrected chi connectivity index (χ1v) is 5.00. The summed E-state index contributed by atoms with van der Waals surface area (Å²) in [6.07, 6.45) is 1.49. The molecule has 0 spiro atoms. The lowest BCUT2D eigenvalue weighted by atomic mass is 10.2. The second-order valence-electron chi connectivity index (χ2n) is 2.83. The van der Waals surface area contributed by atoms with Crippen LogP contribution in [0.1, 0.15) is 15.9 Å². The van der Waals surface area contributed by atoms with Gasteiger partial charge in [0, 0.05) is 17.0 Å². The number of pyridine rings is 1. The zero-order valence-corrected chi connectivity index (χ0v) is 8.67. The molecule has 0 aliphatic heterocycles. The van der Waals surface area contributed by atoms with Crippen molar-refractivity contribution in [2.45, 2.75) is 0 Å². The van der Waals surface area contributed by atoms with Crippen molar-refractivity contribution < 1.29 is 9.53 Å². The highest BCUT2D eigenvalue weighted by Gasteiger charge is 2.13. The second-order valence-corrected chi connectivity index (χ2v) is 3.69. The van der Waals surface area contributed by atoms with Gasteiger partial charge in [-0.3, -0.25) is 0 Å². The summed E-state index contributed by atoms with van der Waals surface area (Å²) in [4.78, 5) is 16.2. The van der Waals surface area contributed by atoms with Gasteiger partial charge in [0.05, 0.1) is 18.2 Å². The highest BCUT2D eigenvalue weighted by Crippen LogP contribution is 2.25. The first-order valence-electron chi connectivity index (χ1n) is 4.12. The van der Waals surface area contributed by atoms with Gasteiger partial charge in [0.25, 0.3) is 0 Å². The summed E-state index contributed by atoms with van der Waals surface area (Å²) < 4.78 is 4.63. The number of thiophene rings is 1. The number of nitrogens with zero attached hydrogens (tertiary/aromatic N) is 2. The molecule has 0 N–H and O–H groups in total. The van der Waals surface area contributed by atoms with E-state index < -0.39 is 5.97 Å². The SMILES string of the molecule is COC(=O)c1csc2ncc(C#N)cc12. The van der Waals surface area contributed by atoms with Crippen LogP contribution in [-0.4, -0.2) is 18.1 Å². The van der Waals surface area contributed by atoms with E-state index in [-0.39, 0.29) is 0 Å². The van der Waals surface area contributed by atoms with Gasteiger partial charge in [0.1, 0.15) is 10.9 Å². The van der Waals surface area contributed by atoms with E-state index in [0.29, 0.717) is 16.5 Å². The minimum atomic E-state index is -0.405. The predicted octanol–water partition coefficient (Wildman–Crippen LogP) is 1.95. The third kappa shape index (κ3) is 1.55. The van der Waals surface area contributed by atoms with Crippen molar-refractivity contribution in [2.24, 2.45) is 0 Å². The van der Waals surface area contributed by atoms with Gasteiger partial charge < -0.3 is 4.74 Å². The minimum absolute atomic E-state index is 0.405. The third-order valence-corrected chi connectivity index (χ3v) is 2.87. The van der Waals surface area contributed by atoms with E-state index in [4.69, 9.17) is 5.26 Å². The number of esters is 1. The third-order valence-electron chi connectivity index (χ3n) is 1.96. The van der Waals surface area contributed by atoms with E-state index >= 15 is 0 Å². The van der Waals surface area contributed by atoms with E-state index in [1.807, 2.05) is 6.07 Å². The van der Waals surface area contributed by atoms with Crippen LogP contribution in [0.15, 0.2) is 17.6 Å². The summed E-state index contributed by atoms with van der Waals surface area (Å²) in [6.45, 7) is 0. The molecule has 0 aliphatic carbocycles. The quantitative estimate of drug-likeness (QED) is 0.686. The van der Waals surface area contributed by atoms with Crippen LogP contribution < -0.4 is 0 Å². The average Bonchev–Trinajstić information content (AvgIpc) is 2.70. The Bertz CT molecular complexity index is 568. The van der Waals surface area contributed by atoms with Crippen LogP contribution in [0.25, 0.3) is 10.2 Å². The molecule has 2 rings (SSSR count). The summed E-state index contributed by atoms with van der Waals surface area (Å²) in [6, 6.07) is 3.63. The van der Waals surface area contributed by atoms with Crippen molar-refractivity contribution in [3.05, 3.63) is 28.8 Å². The van der Waals surface area contributed by atoms with E-state index in [2.05, 4.69) is 9.72 Å². The Hall–Kier alpha value is -1.93. The molecule has 0 saturated heterocycles. The van der Waals surface area contributed by atoms with E-state index in [9.17, 15) is 4.79 Å². The molecular formula is C10H6N2O2S. The molecule has 15 heavy (non-hydrogen) atoms. The lowest BCUT2D eigenvalue weighted by Crippen LogP contribution is -1.99. The van der Waals surface area contributed by atoms with E-state index in [1.54, 1.807) is 11.4 Å². The Labute approximate surface area is 89.7 Å². The molecule has 2 heterocycles. The number of aromatic nitrogens is 1. The standard InChI is InChI=1S/C10H6N2O2S/c1-14-10(13)8-5-15-9-7(8)2-6(3-11)4-12-9/h2,4-5H,1H3. The zero-order chi connectivity index (χ0) is 10.8. The van der Waals surface area contributed by atoms with Crippen molar-refractivity contribution in [1.82, 2.24) is 4.98 Å². The highest BCUT2D eigenvalue weighted by atomic mass is 32.1. The maximum Gasteiger partial charge on any atom is 0.339 e. The monoisotopic (exact) mass is 218 g/mol. The van der Waals surface area contributed by atoms with Crippen molar-refractivity contribution in [3.8, 4) is 6.07 Å². The fourth-order valence-corrected chi connectivity index (χ4v) is 2.11. The van der Waals surface area contributed by atoms with Crippen molar-refractivity contribution in [3.63, 3.8) is 0 Å². The number of methoxy groups -OCH3 is 1. The lowest BCUT2D eigenvalue weighted by Gasteiger charge is -1.96. The van der Waals surface area contributed by atoms with E-state index in [1.165, 1.54) is 24.6 Å². The smallest absolute Gasteiger partial charge is 0.339 e. The van der Waals surface area contributed by atoms with E-state index in [0.717, 1.165) is 4.83 Å². The van der Waals surface area contributed by atoms with Crippen LogP contribution in [0.5, 0.6) is 0 Å². The molecule has 0 unspecified atom stereocenters. The number of rotatable bonds is 1. The Balaban J connectivity index is 2.67. The Kier molecular flexibility index (Phi) is 2.35. The fourth-order valence-electron chi connectivity index (χ4n) is 1.25. The van der Waals surface area contributed by atoms with Crippen molar-refractivity contribution >= 4 is 27.5 Å². The largest absolute Gasteiger partial charge is 0.465 e. The van der Waals surface area contributed by atoms with Crippen LogP contribution in [0, 0.1) is 11.3 Å². The normalized spacial score (nSPS) is 9.87. The van der Waals surface area contributed by atoms with Crippen molar-refractivity contribution in [2.75, 3.05) is 7.11 Å². The van der Waals surface area contributed by atoms with Gasteiger partial charge in [-0.1, -0.05) is 0 Å². The summed E-state index contributed by atoms with van der Waals surface area (Å²) in [5.41, 5.74) is 0.896. The number of nitriles is 1. The molecule has 0 radical (unpaired) electrons. The Morgan fingerprint density at radius 1 is 1.67 bits per heavy atom. The summed E-state index contributed by atoms with van der Waals surface area (Å²) in [5.74, 6) is -0.405. The molecular weight excluding hydrogens is 212 g/mol. The topological polar surface area (TPSA) is 63.0 Å². The molecule has 0 atom stereocenters. The molecule has 0 aromatic carbocycles. The maximum absolute atomic E-state index is 11.4. The molecule has 0 amide bonds. The number of hydrogen-bond acceptors (Lipinski definition) is 5. The van der Waals surface area contributed by atoms with Gasteiger partial charge in [-0.05, 0) is 6.07 Å². The second kappa shape index (κ2) is 3.67. The average molecular weight is 218 g/mol. The van der Waals surface area contributed by atoms with Crippen LogP contribution in [0.3, 0.4) is 0 Å². The van der Waals surface area contributed by atoms with Crippen molar-refractivity contribution in [1.29, 1.82) is 5.26 Å². The van der Waals surface area contributed by atoms with Crippen LogP contribution in [-0.2, 0) is 4.74 Å². The number of carbonyl (C=O) groups excluding carboxylic acids is 1. The minimum Gasteiger partial charge on any atom is -0.465 e. The Morgan fingerprint density at radius 2 is 2.47 bits per heavy atom. The Morgan fingerprint density at radius 3 is 3.13 bits per heavy atom. The molecule has 0 saturated carbocycles. The van der Waals surface area contributed by atoms with Gasteiger partial charge in [-0.25, -0.2) is 9.78 Å². The van der Waals surface area contributed by atoms with Gasteiger partial charge in [-0.2, -0.15) is 5.26 Å². The van der Waals surface area contributed by atoms with Crippen LogP contribution in [0.4, 0.5) is 0 Å². The summed E-state index contributed by atoms with van der Waals surface area (Å²) in [5, 5.41) is 11.1. The van der Waals surface area contributed by atoms with Gasteiger partial charge in [0.15, 0.2) is 0 Å². The molecule has 2 aromatic heterocycles. The number of fused-ring (bicyclic) bond motifs is 1. The first kappa shape index (κ1) is 9.62. The summed E-state index contributed by atoms with van der Waals surface area (Å²) >= 11 is 1.36. The molecule has 5 heteroatoms. The molecule has 0 bridgehead atoms. The summed E-state index contributed by atoms with van der Waals surface area (Å²) in [7, 11) is 1.33. The lowest BCUT2D eigenvalue weighted by molar-refractivity contribution is 0.0603. The molecule has 0 aliphatic rings. The van der Waals surface area contributed by atoms with Crippen LogP contribution in [0.2, 0.25) is 0 Å². The maximum atomic E-state index is 11.4. The van der Waals surface area contributed by atoms with Gasteiger partial charge in [0.2, 0.25) is 0 Å². The van der Waals surface area contributed by atoms with Gasteiger partial charge >= 0.3 is 5.97 Å². The first-order chi connectivity index (χ1) is 7.26. The fraction of sp³-hybridized carbons (Fsp3) is 0.100. The van der Waals surface area contributed by atoms with Gasteiger partial charge in [-0.15, -0.1) is 11.3 Å². The number of carbonyl (C=O) groups is 1. The number of hydrogen-bond donors (Lipinski definition) is 0. The molecule has 74 valence electrons.